The second-order valence-electron chi connectivity index (χ2n) is 2.33. The molecule has 0 bridgehead atoms. The molecule has 0 saturated carbocycles. The quantitative estimate of drug-likeness (QED) is 0.612. The van der Waals surface area contributed by atoms with Gasteiger partial charge in [-0.2, -0.15) is 0 Å². The summed E-state index contributed by atoms with van der Waals surface area (Å²) >= 11 is 6.57. The molecule has 0 radical (unpaired) electrons. The van der Waals surface area contributed by atoms with Crippen molar-refractivity contribution in [3.8, 4) is 0 Å². The van der Waals surface area contributed by atoms with Gasteiger partial charge in [0.15, 0.2) is 5.82 Å². The first-order chi connectivity index (χ1) is 5.68. The molecule has 0 aliphatic carbocycles. The van der Waals surface area contributed by atoms with E-state index >= 15 is 0 Å². The summed E-state index contributed by atoms with van der Waals surface area (Å²) in [5, 5.41) is 0.381. The smallest absolute Gasteiger partial charge is 0.160 e. The Morgan fingerprint density at radius 1 is 1.25 bits per heavy atom. The number of benzene rings is 1. The Balaban J connectivity index is 2.87. The molecule has 0 unspecified atom stereocenters. The highest BCUT2D eigenvalue weighted by atomic mass is 35.5. The molecule has 0 spiro atoms. The molecule has 1 aromatic heterocycles. The van der Waals surface area contributed by atoms with Gasteiger partial charge in [0.2, 0.25) is 0 Å². The van der Waals surface area contributed by atoms with Crippen molar-refractivity contribution >= 4 is 33.0 Å². The zero-order valence-electron chi connectivity index (χ0n) is 5.77. The largest absolute Gasteiger partial charge is 0.207 e. The monoisotopic (exact) mass is 204 g/mol. The third kappa shape index (κ3) is 1.09. The van der Waals surface area contributed by atoms with E-state index in [1.54, 1.807) is 0 Å². The molecule has 2 aromatic rings. The van der Waals surface area contributed by atoms with E-state index in [4.69, 9.17) is 11.6 Å². The van der Waals surface area contributed by atoms with Crippen LogP contribution in [0.1, 0.15) is 0 Å². The number of thiophene rings is 1. The lowest BCUT2D eigenvalue weighted by molar-refractivity contribution is 0.628. The van der Waals surface area contributed by atoms with Crippen LogP contribution in [0.3, 0.4) is 0 Å². The fourth-order valence-electron chi connectivity index (χ4n) is 1.01. The zero-order chi connectivity index (χ0) is 8.72. The van der Waals surface area contributed by atoms with Gasteiger partial charge in [-0.05, 0) is 18.2 Å². The zero-order valence-corrected chi connectivity index (χ0v) is 7.35. The van der Waals surface area contributed by atoms with Crippen LogP contribution in [0.15, 0.2) is 18.2 Å². The summed E-state index contributed by atoms with van der Waals surface area (Å²) in [7, 11) is 0. The van der Waals surface area contributed by atoms with Crippen molar-refractivity contribution in [2.75, 3.05) is 0 Å². The van der Waals surface area contributed by atoms with Crippen molar-refractivity contribution in [2.24, 2.45) is 0 Å². The summed E-state index contributed by atoms with van der Waals surface area (Å²) in [6.45, 7) is 0. The van der Waals surface area contributed by atoms with E-state index in [1.807, 2.05) is 0 Å². The molecule has 0 nitrogen and oxygen atoms in total. The molecule has 0 N–H and O–H groups in total. The number of hydrogen-bond acceptors (Lipinski definition) is 1. The van der Waals surface area contributed by atoms with Crippen LogP contribution in [0.25, 0.3) is 10.1 Å². The Morgan fingerprint density at radius 2 is 2.00 bits per heavy atom. The Kier molecular flexibility index (Phi) is 1.77. The highest BCUT2D eigenvalue weighted by Gasteiger charge is 2.09. The van der Waals surface area contributed by atoms with E-state index in [1.165, 1.54) is 18.2 Å². The summed E-state index contributed by atoms with van der Waals surface area (Å²) in [4.78, 5) is 0. The lowest BCUT2D eigenvalue weighted by atomic mass is 10.2. The van der Waals surface area contributed by atoms with Gasteiger partial charge in [-0.25, -0.2) is 8.78 Å². The fourth-order valence-corrected chi connectivity index (χ4v) is 2.19. The van der Waals surface area contributed by atoms with E-state index in [0.717, 1.165) is 11.3 Å². The Morgan fingerprint density at radius 3 is 2.75 bits per heavy atom. The molecule has 12 heavy (non-hydrogen) atoms. The normalized spacial score (nSPS) is 10.9. The standard InChI is InChI=1S/C8H3ClF2S/c9-8-7(11)5-2-1-4(10)3-6(5)12-8/h1-3H. The lowest BCUT2D eigenvalue weighted by Crippen LogP contribution is -1.72. The maximum absolute atomic E-state index is 13.0. The fraction of sp³-hybridized carbons (Fsp3) is 0. The van der Waals surface area contributed by atoms with Crippen molar-refractivity contribution in [1.82, 2.24) is 0 Å². The average Bonchev–Trinajstić information content (AvgIpc) is 2.28. The Bertz CT molecular complexity index is 436. The van der Waals surface area contributed by atoms with Gasteiger partial charge in [0.25, 0.3) is 0 Å². The molecular formula is C8H3ClF2S. The number of fused-ring (bicyclic) bond motifs is 1. The number of halogens is 3. The minimum Gasteiger partial charge on any atom is -0.207 e. The van der Waals surface area contributed by atoms with Gasteiger partial charge >= 0.3 is 0 Å². The highest BCUT2D eigenvalue weighted by Crippen LogP contribution is 2.33. The second-order valence-corrected chi connectivity index (χ2v) is 3.98. The summed E-state index contributed by atoms with van der Waals surface area (Å²) in [5.74, 6) is -0.836. The molecular weight excluding hydrogens is 202 g/mol. The Labute approximate surface area is 76.4 Å². The van der Waals surface area contributed by atoms with E-state index in [0.29, 0.717) is 10.1 Å². The van der Waals surface area contributed by atoms with Crippen molar-refractivity contribution in [3.63, 3.8) is 0 Å². The summed E-state index contributed by atoms with van der Waals surface area (Å²) in [5.41, 5.74) is 0. The van der Waals surface area contributed by atoms with Crippen LogP contribution in [-0.4, -0.2) is 0 Å². The third-order valence-electron chi connectivity index (χ3n) is 1.55. The van der Waals surface area contributed by atoms with Crippen LogP contribution in [0, 0.1) is 11.6 Å². The first-order valence-electron chi connectivity index (χ1n) is 3.21. The topological polar surface area (TPSA) is 0 Å². The predicted octanol–water partition coefficient (Wildman–Crippen LogP) is 3.83. The van der Waals surface area contributed by atoms with Crippen LogP contribution < -0.4 is 0 Å². The molecule has 0 aliphatic rings. The molecule has 0 aliphatic heterocycles. The van der Waals surface area contributed by atoms with E-state index in [2.05, 4.69) is 0 Å². The van der Waals surface area contributed by atoms with Gasteiger partial charge in [0, 0.05) is 10.1 Å². The molecule has 1 heterocycles. The molecule has 62 valence electrons. The van der Waals surface area contributed by atoms with E-state index in [-0.39, 0.29) is 10.2 Å². The second kappa shape index (κ2) is 2.68. The predicted molar refractivity (Wildman–Crippen MR) is 46.8 cm³/mol. The van der Waals surface area contributed by atoms with Crippen LogP contribution in [0.5, 0.6) is 0 Å². The van der Waals surface area contributed by atoms with Gasteiger partial charge in [-0.15, -0.1) is 11.3 Å². The number of hydrogen-bond donors (Lipinski definition) is 0. The van der Waals surface area contributed by atoms with Gasteiger partial charge in [-0.1, -0.05) is 11.6 Å². The van der Waals surface area contributed by atoms with Crippen molar-refractivity contribution in [2.45, 2.75) is 0 Å². The SMILES string of the molecule is Fc1ccc2c(F)c(Cl)sc2c1. The molecule has 0 fully saturated rings. The minimum atomic E-state index is -0.461. The summed E-state index contributed by atoms with van der Waals surface area (Å²) in [6, 6.07) is 3.88. The molecule has 4 heteroatoms. The lowest BCUT2D eigenvalue weighted by Gasteiger charge is -1.88. The maximum Gasteiger partial charge on any atom is 0.160 e. The van der Waals surface area contributed by atoms with Crippen LogP contribution in [-0.2, 0) is 0 Å². The molecule has 1 aromatic carbocycles. The van der Waals surface area contributed by atoms with Crippen molar-refractivity contribution in [1.29, 1.82) is 0 Å². The molecule has 0 atom stereocenters. The summed E-state index contributed by atoms with van der Waals surface area (Å²) in [6.07, 6.45) is 0. The van der Waals surface area contributed by atoms with Crippen molar-refractivity contribution in [3.05, 3.63) is 34.2 Å². The van der Waals surface area contributed by atoms with Gasteiger partial charge in [0.05, 0.1) is 0 Å². The first-order valence-corrected chi connectivity index (χ1v) is 4.41. The van der Waals surface area contributed by atoms with Gasteiger partial charge in [-0.3, -0.25) is 0 Å². The van der Waals surface area contributed by atoms with Gasteiger partial charge in [0.1, 0.15) is 10.2 Å². The first kappa shape index (κ1) is 7.95. The van der Waals surface area contributed by atoms with Crippen LogP contribution in [0.4, 0.5) is 8.78 Å². The van der Waals surface area contributed by atoms with Crippen LogP contribution in [0.2, 0.25) is 4.34 Å². The van der Waals surface area contributed by atoms with Crippen molar-refractivity contribution < 1.29 is 8.78 Å². The Hall–Kier alpha value is -0.670. The highest BCUT2D eigenvalue weighted by molar-refractivity contribution is 7.22. The maximum atomic E-state index is 13.0. The van der Waals surface area contributed by atoms with Crippen LogP contribution >= 0.6 is 22.9 Å². The number of rotatable bonds is 0. The van der Waals surface area contributed by atoms with Gasteiger partial charge < -0.3 is 0 Å². The minimum absolute atomic E-state index is 0.0793. The molecule has 0 amide bonds. The average molecular weight is 205 g/mol. The third-order valence-corrected chi connectivity index (χ3v) is 2.87. The van der Waals surface area contributed by atoms with E-state index < -0.39 is 5.82 Å². The molecule has 2 rings (SSSR count). The summed E-state index contributed by atoms with van der Waals surface area (Å²) < 4.78 is 26.3. The molecule has 0 saturated heterocycles. The van der Waals surface area contributed by atoms with E-state index in [9.17, 15) is 8.78 Å².